The topological polar surface area (TPSA) is 71.3 Å². The van der Waals surface area contributed by atoms with Gasteiger partial charge in [-0.2, -0.15) is 0 Å². The molecule has 0 radical (unpaired) electrons. The van der Waals surface area contributed by atoms with E-state index < -0.39 is 5.63 Å². The molecule has 0 fully saturated rings. The maximum Gasteiger partial charge on any atom is 0.336 e. The molecule has 5 heteroatoms. The van der Waals surface area contributed by atoms with Crippen molar-refractivity contribution in [3.63, 3.8) is 0 Å². The highest BCUT2D eigenvalue weighted by Crippen LogP contribution is 2.24. The second-order valence-electron chi connectivity index (χ2n) is 6.40. The van der Waals surface area contributed by atoms with E-state index in [-0.39, 0.29) is 12.1 Å². The normalized spacial score (nSPS) is 12.0. The van der Waals surface area contributed by atoms with Gasteiger partial charge in [0, 0.05) is 17.1 Å². The lowest BCUT2D eigenvalue weighted by Crippen LogP contribution is -2.31. The van der Waals surface area contributed by atoms with E-state index in [9.17, 15) is 9.59 Å². The summed E-state index contributed by atoms with van der Waals surface area (Å²) in [6, 6.07) is 21.9. The Balaban J connectivity index is 1.52. The molecule has 5 nitrogen and oxygen atoms in total. The number of hydrogen-bond acceptors (Lipinski definition) is 3. The first-order valence-electron chi connectivity index (χ1n) is 8.69. The Kier molecular flexibility index (Phi) is 4.34. The molecule has 0 aliphatic heterocycles. The first-order chi connectivity index (χ1) is 13.1. The Hall–Kier alpha value is -3.60. The fraction of sp³-hybridized carbons (Fsp3) is 0.0909. The molecule has 0 saturated heterocycles. The molecule has 0 aliphatic rings. The van der Waals surface area contributed by atoms with Crippen molar-refractivity contribution in [2.75, 3.05) is 5.32 Å². The molecular formula is C22H18N2O3. The number of benzene rings is 3. The van der Waals surface area contributed by atoms with Crippen molar-refractivity contribution in [1.82, 2.24) is 5.32 Å². The molecule has 4 aromatic rings. The van der Waals surface area contributed by atoms with Crippen LogP contribution in [0.2, 0.25) is 0 Å². The third-order valence-corrected chi connectivity index (χ3v) is 4.51. The van der Waals surface area contributed by atoms with E-state index >= 15 is 0 Å². The maximum atomic E-state index is 12.4. The van der Waals surface area contributed by atoms with Gasteiger partial charge in [0.2, 0.25) is 0 Å². The lowest BCUT2D eigenvalue weighted by Gasteiger charge is -2.17. The quantitative estimate of drug-likeness (QED) is 0.515. The molecule has 0 bridgehead atoms. The minimum Gasteiger partial charge on any atom is -0.423 e. The van der Waals surface area contributed by atoms with E-state index in [0.29, 0.717) is 11.3 Å². The van der Waals surface area contributed by atoms with Gasteiger partial charge in [0.15, 0.2) is 0 Å². The van der Waals surface area contributed by atoms with E-state index in [2.05, 4.69) is 28.8 Å². The Bertz CT molecular complexity index is 1190. The van der Waals surface area contributed by atoms with Gasteiger partial charge in [-0.3, -0.25) is 0 Å². The minimum absolute atomic E-state index is 0.158. The van der Waals surface area contributed by atoms with Gasteiger partial charge in [0.1, 0.15) is 5.58 Å². The number of nitrogens with one attached hydrogen (secondary N) is 2. The molecule has 1 heterocycles. The summed E-state index contributed by atoms with van der Waals surface area (Å²) in [5, 5.41) is 8.80. The van der Waals surface area contributed by atoms with Crippen molar-refractivity contribution in [1.29, 1.82) is 0 Å². The summed E-state index contributed by atoms with van der Waals surface area (Å²) in [4.78, 5) is 23.7. The second-order valence-corrected chi connectivity index (χ2v) is 6.40. The molecule has 1 atom stereocenters. The fourth-order valence-electron chi connectivity index (χ4n) is 3.22. The van der Waals surface area contributed by atoms with Crippen LogP contribution in [0.5, 0.6) is 0 Å². The van der Waals surface area contributed by atoms with Crippen LogP contribution in [0.4, 0.5) is 10.5 Å². The lowest BCUT2D eigenvalue weighted by atomic mass is 10.00. The number of fused-ring (bicyclic) bond motifs is 2. The van der Waals surface area contributed by atoms with E-state index in [0.717, 1.165) is 21.7 Å². The molecule has 0 spiro atoms. The predicted octanol–water partition coefficient (Wildman–Crippen LogP) is 4.83. The van der Waals surface area contributed by atoms with Crippen molar-refractivity contribution in [2.45, 2.75) is 13.0 Å². The molecule has 134 valence electrons. The van der Waals surface area contributed by atoms with Gasteiger partial charge in [-0.15, -0.1) is 0 Å². The van der Waals surface area contributed by atoms with Gasteiger partial charge >= 0.3 is 11.7 Å². The summed E-state index contributed by atoms with van der Waals surface area (Å²) < 4.78 is 5.10. The highest BCUT2D eigenvalue weighted by atomic mass is 16.4. The van der Waals surface area contributed by atoms with Crippen LogP contribution >= 0.6 is 0 Å². The van der Waals surface area contributed by atoms with Crippen LogP contribution in [0, 0.1) is 0 Å². The van der Waals surface area contributed by atoms with Crippen molar-refractivity contribution >= 4 is 33.5 Å². The first kappa shape index (κ1) is 16.8. The third-order valence-electron chi connectivity index (χ3n) is 4.51. The maximum absolute atomic E-state index is 12.4. The average molecular weight is 358 g/mol. The summed E-state index contributed by atoms with van der Waals surface area (Å²) >= 11 is 0. The number of carbonyl (C=O) groups excluding carboxylic acids is 1. The van der Waals surface area contributed by atoms with E-state index in [1.807, 2.05) is 31.2 Å². The van der Waals surface area contributed by atoms with Gasteiger partial charge in [0.05, 0.1) is 6.04 Å². The summed E-state index contributed by atoms with van der Waals surface area (Å²) in [6.45, 7) is 1.95. The number of hydrogen-bond donors (Lipinski definition) is 2. The zero-order chi connectivity index (χ0) is 18.8. The number of carbonyl (C=O) groups is 1. The Morgan fingerprint density at radius 2 is 1.74 bits per heavy atom. The highest BCUT2D eigenvalue weighted by molar-refractivity contribution is 5.93. The summed E-state index contributed by atoms with van der Waals surface area (Å²) in [5.74, 6) is 0. The Labute approximate surface area is 155 Å². The smallest absolute Gasteiger partial charge is 0.336 e. The minimum atomic E-state index is -0.398. The largest absolute Gasteiger partial charge is 0.423 e. The summed E-state index contributed by atoms with van der Waals surface area (Å²) in [6.07, 6.45) is 0. The van der Waals surface area contributed by atoms with Crippen LogP contribution in [0.25, 0.3) is 21.7 Å². The van der Waals surface area contributed by atoms with Gasteiger partial charge in [-0.25, -0.2) is 9.59 Å². The van der Waals surface area contributed by atoms with Crippen LogP contribution in [-0.2, 0) is 0 Å². The molecule has 3 aromatic carbocycles. The van der Waals surface area contributed by atoms with Crippen molar-refractivity contribution in [3.8, 4) is 0 Å². The molecule has 27 heavy (non-hydrogen) atoms. The van der Waals surface area contributed by atoms with Crippen LogP contribution in [-0.4, -0.2) is 6.03 Å². The predicted molar refractivity (Wildman–Crippen MR) is 107 cm³/mol. The molecule has 0 unspecified atom stereocenters. The number of rotatable bonds is 3. The van der Waals surface area contributed by atoms with Gasteiger partial charge < -0.3 is 15.1 Å². The van der Waals surface area contributed by atoms with E-state index in [4.69, 9.17) is 4.42 Å². The first-order valence-corrected chi connectivity index (χ1v) is 8.69. The fourth-order valence-corrected chi connectivity index (χ4v) is 3.22. The number of amides is 2. The van der Waals surface area contributed by atoms with Crippen LogP contribution in [0.1, 0.15) is 18.5 Å². The Morgan fingerprint density at radius 1 is 0.926 bits per heavy atom. The Morgan fingerprint density at radius 3 is 2.63 bits per heavy atom. The second kappa shape index (κ2) is 6.96. The molecular weight excluding hydrogens is 340 g/mol. The van der Waals surface area contributed by atoms with Crippen LogP contribution < -0.4 is 16.3 Å². The van der Waals surface area contributed by atoms with Crippen LogP contribution in [0.15, 0.2) is 82.0 Å². The lowest BCUT2D eigenvalue weighted by molar-refractivity contribution is 0.249. The van der Waals surface area contributed by atoms with Crippen LogP contribution in [0.3, 0.4) is 0 Å². The average Bonchev–Trinajstić information content (AvgIpc) is 2.67. The van der Waals surface area contributed by atoms with Crippen molar-refractivity contribution in [3.05, 3.63) is 88.8 Å². The summed E-state index contributed by atoms with van der Waals surface area (Å²) in [5.41, 5.74) is 1.77. The summed E-state index contributed by atoms with van der Waals surface area (Å²) in [7, 11) is 0. The zero-order valence-electron chi connectivity index (χ0n) is 14.7. The molecule has 0 aliphatic carbocycles. The van der Waals surface area contributed by atoms with Crippen molar-refractivity contribution in [2.24, 2.45) is 0 Å². The van der Waals surface area contributed by atoms with E-state index in [1.54, 1.807) is 24.3 Å². The number of anilines is 1. The molecule has 2 amide bonds. The zero-order valence-corrected chi connectivity index (χ0v) is 14.7. The van der Waals surface area contributed by atoms with Crippen molar-refractivity contribution < 1.29 is 9.21 Å². The van der Waals surface area contributed by atoms with Gasteiger partial charge in [-0.1, -0.05) is 42.5 Å². The molecule has 4 rings (SSSR count). The van der Waals surface area contributed by atoms with Gasteiger partial charge in [-0.05, 0) is 47.5 Å². The molecule has 2 N–H and O–H groups in total. The highest BCUT2D eigenvalue weighted by Gasteiger charge is 2.12. The third kappa shape index (κ3) is 3.53. The molecule has 0 saturated carbocycles. The monoisotopic (exact) mass is 358 g/mol. The number of urea groups is 1. The van der Waals surface area contributed by atoms with E-state index in [1.165, 1.54) is 6.07 Å². The standard InChI is InChI=1S/C22H18N2O3/c1-14(18-8-4-6-15-5-2-3-7-19(15)18)23-22(26)24-17-10-11-20-16(13-17)9-12-21(25)27-20/h2-14H,1H3,(H2,23,24,26)/t14-/m0/s1. The molecule has 1 aromatic heterocycles. The SMILES string of the molecule is C[C@H](NC(=O)Nc1ccc2oc(=O)ccc2c1)c1cccc2ccccc12. The van der Waals surface area contributed by atoms with Gasteiger partial charge in [0.25, 0.3) is 0 Å².